The molecule has 0 spiro atoms. The summed E-state index contributed by atoms with van der Waals surface area (Å²) in [5.74, 6) is -0.937. The fourth-order valence-corrected chi connectivity index (χ4v) is 4.02. The van der Waals surface area contributed by atoms with Gasteiger partial charge in [0.15, 0.2) is 0 Å². The molecule has 0 rings (SSSR count). The number of carbonyl (C=O) groups excluding carboxylic acids is 1. The molecule has 0 saturated carbocycles. The number of nitrogens with zero attached hydrogens (tertiary/aromatic N) is 1. The number of aliphatic hydroxyl groups excluding tert-OH is 3. The van der Waals surface area contributed by atoms with Gasteiger partial charge in [0, 0.05) is 5.97 Å². The number of carboxylic acid groups (broad SMARTS) is 1. The number of hydrogen-bond donors (Lipinski definition) is 3. The molecule has 0 amide bonds. The summed E-state index contributed by atoms with van der Waals surface area (Å²) in [7, 11) is 0. The van der Waals surface area contributed by atoms with Gasteiger partial charge in [0.25, 0.3) is 0 Å². The van der Waals surface area contributed by atoms with Crippen LogP contribution in [-0.4, -0.2) is 71.8 Å². The van der Waals surface area contributed by atoms with Crippen molar-refractivity contribution in [2.75, 3.05) is 46.0 Å². The van der Waals surface area contributed by atoms with Crippen LogP contribution in [0.4, 0.5) is 0 Å². The molecule has 30 heavy (non-hydrogen) atoms. The molecule has 178 valence electrons. The molecule has 0 aromatic carbocycles. The Morgan fingerprint density at radius 2 is 1.00 bits per heavy atom. The molecule has 0 aromatic heterocycles. The highest BCUT2D eigenvalue weighted by atomic mass is 16.4. The molecule has 0 unspecified atom stereocenters. The molecule has 0 bridgehead atoms. The summed E-state index contributed by atoms with van der Waals surface area (Å²) in [5.41, 5.74) is 0. The summed E-state index contributed by atoms with van der Waals surface area (Å²) >= 11 is 0. The van der Waals surface area contributed by atoms with Crippen molar-refractivity contribution >= 4 is 5.97 Å². The van der Waals surface area contributed by atoms with E-state index in [2.05, 4.69) is 12.2 Å². The Balaban J connectivity index is 3.54. The number of rotatable bonds is 23. The van der Waals surface area contributed by atoms with E-state index in [1.54, 1.807) is 0 Å². The van der Waals surface area contributed by atoms with Crippen LogP contribution in [0.5, 0.6) is 0 Å². The first-order chi connectivity index (χ1) is 14.6. The van der Waals surface area contributed by atoms with E-state index in [9.17, 15) is 25.2 Å². The highest BCUT2D eigenvalue weighted by molar-refractivity contribution is 5.63. The molecule has 6 nitrogen and oxygen atoms in total. The second kappa shape index (κ2) is 21.3. The van der Waals surface area contributed by atoms with Crippen LogP contribution in [0.15, 0.2) is 12.2 Å². The fourth-order valence-electron chi connectivity index (χ4n) is 4.02. The largest absolute Gasteiger partial charge is 0.550 e. The average molecular weight is 430 g/mol. The molecule has 0 aromatic rings. The SMILES string of the molecule is O=C([O-])CCCCCCC/C=C\CCCCCCCC[N+](CCO)(CCO)CCO. The lowest BCUT2D eigenvalue weighted by Crippen LogP contribution is -2.53. The Hall–Kier alpha value is -0.950. The van der Waals surface area contributed by atoms with Crippen LogP contribution in [-0.2, 0) is 4.79 Å². The van der Waals surface area contributed by atoms with Crippen molar-refractivity contribution in [2.45, 2.75) is 89.9 Å². The van der Waals surface area contributed by atoms with Gasteiger partial charge in [-0.15, -0.1) is 0 Å². The lowest BCUT2D eigenvalue weighted by molar-refractivity contribution is -0.929. The molecule has 0 radical (unpaired) electrons. The molecular formula is C24H47NO5. The second-order valence-corrected chi connectivity index (χ2v) is 8.47. The minimum Gasteiger partial charge on any atom is -0.550 e. The van der Waals surface area contributed by atoms with E-state index < -0.39 is 5.97 Å². The van der Waals surface area contributed by atoms with Crippen molar-refractivity contribution in [3.8, 4) is 0 Å². The first-order valence-corrected chi connectivity index (χ1v) is 12.1. The Morgan fingerprint density at radius 3 is 1.43 bits per heavy atom. The predicted octanol–water partition coefficient (Wildman–Crippen LogP) is 2.55. The highest BCUT2D eigenvalue weighted by Gasteiger charge is 2.25. The molecule has 0 aliphatic rings. The lowest BCUT2D eigenvalue weighted by atomic mass is 10.1. The molecule has 0 aliphatic carbocycles. The minimum absolute atomic E-state index is 0.0955. The van der Waals surface area contributed by atoms with Crippen LogP contribution < -0.4 is 5.11 Å². The zero-order valence-electron chi connectivity index (χ0n) is 19.1. The molecule has 0 saturated heterocycles. The normalized spacial score (nSPS) is 12.1. The third-order valence-electron chi connectivity index (χ3n) is 5.89. The quantitative estimate of drug-likeness (QED) is 0.132. The van der Waals surface area contributed by atoms with Gasteiger partial charge < -0.3 is 29.7 Å². The van der Waals surface area contributed by atoms with Gasteiger partial charge in [-0.2, -0.15) is 0 Å². The second-order valence-electron chi connectivity index (χ2n) is 8.47. The number of allylic oxidation sites excluding steroid dienone is 2. The number of quaternary nitrogens is 1. The number of aliphatic carboxylic acids is 1. The van der Waals surface area contributed by atoms with Gasteiger partial charge in [0.2, 0.25) is 0 Å². The standard InChI is InChI=1S/C24H47NO5/c26-21-18-25(19-22-27,20-23-28)17-15-13-11-9-7-5-3-1-2-4-6-8-10-12-14-16-24(29)30/h1-2,26-28H,3-23H2/b2-1-. The van der Waals surface area contributed by atoms with Crippen LogP contribution in [0.3, 0.4) is 0 Å². The summed E-state index contributed by atoms with van der Waals surface area (Å²) in [5, 5.41) is 38.2. The zero-order chi connectivity index (χ0) is 22.3. The zero-order valence-corrected chi connectivity index (χ0v) is 19.1. The number of aliphatic hydroxyl groups is 3. The van der Waals surface area contributed by atoms with E-state index in [1.165, 1.54) is 44.9 Å². The van der Waals surface area contributed by atoms with Gasteiger partial charge >= 0.3 is 0 Å². The number of carboxylic acids is 1. The summed E-state index contributed by atoms with van der Waals surface area (Å²) in [6.07, 6.45) is 19.4. The maximum Gasteiger partial charge on any atom is 0.102 e. The topological polar surface area (TPSA) is 101 Å². The van der Waals surface area contributed by atoms with Crippen LogP contribution in [0.25, 0.3) is 0 Å². The first kappa shape index (κ1) is 29.1. The maximum atomic E-state index is 10.3. The molecule has 0 atom stereocenters. The average Bonchev–Trinajstić information content (AvgIpc) is 2.70. The molecule has 0 fully saturated rings. The van der Waals surface area contributed by atoms with Gasteiger partial charge in [-0.1, -0.05) is 50.7 Å². The Kier molecular flexibility index (Phi) is 20.6. The van der Waals surface area contributed by atoms with E-state index in [4.69, 9.17) is 0 Å². The molecule has 6 heteroatoms. The Bertz CT molecular complexity index is 397. The molecule has 0 heterocycles. The van der Waals surface area contributed by atoms with Crippen LogP contribution in [0.2, 0.25) is 0 Å². The lowest BCUT2D eigenvalue weighted by Gasteiger charge is -2.37. The van der Waals surface area contributed by atoms with Gasteiger partial charge in [0.05, 0.1) is 26.4 Å². The molecule has 3 N–H and O–H groups in total. The number of unbranched alkanes of at least 4 members (excludes halogenated alkanes) is 11. The minimum atomic E-state index is -0.937. The van der Waals surface area contributed by atoms with Crippen LogP contribution >= 0.6 is 0 Å². The molecule has 0 aliphatic heterocycles. The maximum absolute atomic E-state index is 10.3. The van der Waals surface area contributed by atoms with Crippen molar-refractivity contribution in [3.63, 3.8) is 0 Å². The molecular weight excluding hydrogens is 382 g/mol. The van der Waals surface area contributed by atoms with Crippen molar-refractivity contribution in [1.29, 1.82) is 0 Å². The van der Waals surface area contributed by atoms with Crippen LogP contribution in [0.1, 0.15) is 89.9 Å². The third-order valence-corrected chi connectivity index (χ3v) is 5.89. The first-order valence-electron chi connectivity index (χ1n) is 12.1. The summed E-state index contributed by atoms with van der Waals surface area (Å²) < 4.78 is 0.619. The Morgan fingerprint density at radius 1 is 0.600 bits per heavy atom. The monoisotopic (exact) mass is 429 g/mol. The third kappa shape index (κ3) is 17.9. The van der Waals surface area contributed by atoms with Gasteiger partial charge in [0.1, 0.15) is 19.6 Å². The van der Waals surface area contributed by atoms with Gasteiger partial charge in [-0.3, -0.25) is 0 Å². The van der Waals surface area contributed by atoms with Gasteiger partial charge in [-0.25, -0.2) is 0 Å². The van der Waals surface area contributed by atoms with E-state index in [0.717, 1.165) is 45.1 Å². The summed E-state index contributed by atoms with van der Waals surface area (Å²) in [4.78, 5) is 10.3. The van der Waals surface area contributed by atoms with E-state index in [1.807, 2.05) is 0 Å². The summed E-state index contributed by atoms with van der Waals surface area (Å²) in [6.45, 7) is 3.03. The van der Waals surface area contributed by atoms with Crippen molar-refractivity contribution in [1.82, 2.24) is 0 Å². The smallest absolute Gasteiger partial charge is 0.102 e. The number of carbonyl (C=O) groups is 1. The van der Waals surface area contributed by atoms with Crippen molar-refractivity contribution in [2.24, 2.45) is 0 Å². The van der Waals surface area contributed by atoms with E-state index in [-0.39, 0.29) is 26.2 Å². The highest BCUT2D eigenvalue weighted by Crippen LogP contribution is 2.13. The Labute approximate surface area is 184 Å². The summed E-state index contributed by atoms with van der Waals surface area (Å²) in [6, 6.07) is 0. The van der Waals surface area contributed by atoms with E-state index >= 15 is 0 Å². The van der Waals surface area contributed by atoms with E-state index in [0.29, 0.717) is 24.1 Å². The van der Waals surface area contributed by atoms with Gasteiger partial charge in [-0.05, 0) is 51.4 Å². The number of hydrogen-bond acceptors (Lipinski definition) is 5. The van der Waals surface area contributed by atoms with Crippen LogP contribution in [0, 0.1) is 0 Å². The van der Waals surface area contributed by atoms with Crippen molar-refractivity contribution < 1.29 is 29.7 Å². The van der Waals surface area contributed by atoms with Crippen molar-refractivity contribution in [3.05, 3.63) is 12.2 Å². The fraction of sp³-hybridized carbons (Fsp3) is 0.875. The predicted molar refractivity (Wildman–Crippen MR) is 120 cm³/mol.